The van der Waals surface area contributed by atoms with E-state index in [1.54, 1.807) is 29.2 Å². The summed E-state index contributed by atoms with van der Waals surface area (Å²) in [6.07, 6.45) is 0.765. The smallest absolute Gasteiger partial charge is 0.328 e. The van der Waals surface area contributed by atoms with Crippen LogP contribution in [0.4, 0.5) is 0 Å². The standard InChI is InChI=1S/C19H17Cl2NO3/c1-25-19(24)16-10-11-17(23)22(16)18(12-2-6-14(20)7-3-12)13-4-8-15(21)9-5-13/h2-9,16,18H,10-11H2,1H3. The van der Waals surface area contributed by atoms with E-state index in [0.29, 0.717) is 22.9 Å². The van der Waals surface area contributed by atoms with Gasteiger partial charge in [-0.25, -0.2) is 4.79 Å². The normalized spacial score (nSPS) is 17.2. The Morgan fingerprint density at radius 1 is 1.04 bits per heavy atom. The van der Waals surface area contributed by atoms with Crippen molar-refractivity contribution in [2.75, 3.05) is 7.11 Å². The first-order valence-electron chi connectivity index (χ1n) is 7.91. The highest BCUT2D eigenvalue weighted by atomic mass is 35.5. The first kappa shape index (κ1) is 17.8. The molecule has 1 amide bonds. The second-order valence-electron chi connectivity index (χ2n) is 5.88. The lowest BCUT2D eigenvalue weighted by molar-refractivity contribution is -0.150. The average Bonchev–Trinajstić information content (AvgIpc) is 2.99. The van der Waals surface area contributed by atoms with Crippen LogP contribution in [0.5, 0.6) is 0 Å². The lowest BCUT2D eigenvalue weighted by atomic mass is 9.96. The Balaban J connectivity index is 2.09. The van der Waals surface area contributed by atoms with Crippen LogP contribution in [0.3, 0.4) is 0 Å². The van der Waals surface area contributed by atoms with Crippen LogP contribution in [-0.4, -0.2) is 29.9 Å². The second kappa shape index (κ2) is 7.46. The summed E-state index contributed by atoms with van der Waals surface area (Å²) in [5, 5.41) is 1.21. The molecular weight excluding hydrogens is 361 g/mol. The molecule has 4 nitrogen and oxygen atoms in total. The van der Waals surface area contributed by atoms with Crippen LogP contribution < -0.4 is 0 Å². The van der Waals surface area contributed by atoms with Gasteiger partial charge >= 0.3 is 5.97 Å². The number of rotatable bonds is 4. The second-order valence-corrected chi connectivity index (χ2v) is 6.76. The molecular formula is C19H17Cl2NO3. The average molecular weight is 378 g/mol. The molecule has 6 heteroatoms. The molecule has 2 aromatic rings. The molecule has 25 heavy (non-hydrogen) atoms. The van der Waals surface area contributed by atoms with Crippen molar-refractivity contribution in [3.63, 3.8) is 0 Å². The molecule has 1 heterocycles. The maximum absolute atomic E-state index is 12.6. The summed E-state index contributed by atoms with van der Waals surface area (Å²) < 4.78 is 4.90. The van der Waals surface area contributed by atoms with Gasteiger partial charge in [0.1, 0.15) is 6.04 Å². The molecule has 1 fully saturated rings. The topological polar surface area (TPSA) is 46.6 Å². The van der Waals surface area contributed by atoms with Crippen molar-refractivity contribution in [2.45, 2.75) is 24.9 Å². The van der Waals surface area contributed by atoms with Gasteiger partial charge in [-0.1, -0.05) is 47.5 Å². The van der Waals surface area contributed by atoms with E-state index in [9.17, 15) is 9.59 Å². The van der Waals surface area contributed by atoms with Crippen molar-refractivity contribution in [2.24, 2.45) is 0 Å². The molecule has 0 N–H and O–H groups in total. The summed E-state index contributed by atoms with van der Waals surface area (Å²) in [4.78, 5) is 26.4. The van der Waals surface area contributed by atoms with Gasteiger partial charge in [0.25, 0.3) is 0 Å². The zero-order valence-electron chi connectivity index (χ0n) is 13.6. The quantitative estimate of drug-likeness (QED) is 0.748. The number of amides is 1. The predicted molar refractivity (Wildman–Crippen MR) is 96.6 cm³/mol. The van der Waals surface area contributed by atoms with Crippen LogP contribution >= 0.6 is 23.2 Å². The molecule has 3 rings (SSSR count). The zero-order chi connectivity index (χ0) is 18.0. The van der Waals surface area contributed by atoms with Gasteiger partial charge in [-0.15, -0.1) is 0 Å². The zero-order valence-corrected chi connectivity index (χ0v) is 15.1. The lowest BCUT2D eigenvalue weighted by Crippen LogP contribution is -2.42. The van der Waals surface area contributed by atoms with Gasteiger partial charge in [0.2, 0.25) is 5.91 Å². The van der Waals surface area contributed by atoms with E-state index in [2.05, 4.69) is 0 Å². The molecule has 2 aromatic carbocycles. The van der Waals surface area contributed by atoms with Crippen molar-refractivity contribution < 1.29 is 14.3 Å². The highest BCUT2D eigenvalue weighted by Gasteiger charge is 2.42. The number of esters is 1. The van der Waals surface area contributed by atoms with Crippen molar-refractivity contribution in [3.05, 3.63) is 69.7 Å². The van der Waals surface area contributed by atoms with E-state index in [4.69, 9.17) is 27.9 Å². The van der Waals surface area contributed by atoms with Gasteiger partial charge in [0, 0.05) is 16.5 Å². The summed E-state index contributed by atoms with van der Waals surface area (Å²) in [7, 11) is 1.34. The third kappa shape index (κ3) is 3.65. The number of carbonyl (C=O) groups is 2. The van der Waals surface area contributed by atoms with Gasteiger partial charge in [0.15, 0.2) is 0 Å². The van der Waals surface area contributed by atoms with E-state index in [0.717, 1.165) is 11.1 Å². The summed E-state index contributed by atoms with van der Waals surface area (Å²) in [6.45, 7) is 0. The fraction of sp³-hybridized carbons (Fsp3) is 0.263. The monoisotopic (exact) mass is 377 g/mol. The van der Waals surface area contributed by atoms with Gasteiger partial charge in [-0.3, -0.25) is 4.79 Å². The van der Waals surface area contributed by atoms with E-state index < -0.39 is 18.1 Å². The molecule has 1 aliphatic rings. The first-order chi connectivity index (χ1) is 12.0. The Labute approximate surface area is 156 Å². The maximum atomic E-state index is 12.6. The Morgan fingerprint density at radius 2 is 1.52 bits per heavy atom. The number of likely N-dealkylation sites (tertiary alicyclic amines) is 1. The molecule has 0 aromatic heterocycles. The van der Waals surface area contributed by atoms with E-state index in [-0.39, 0.29) is 5.91 Å². The van der Waals surface area contributed by atoms with Gasteiger partial charge in [-0.2, -0.15) is 0 Å². The van der Waals surface area contributed by atoms with Crippen LogP contribution in [0.25, 0.3) is 0 Å². The molecule has 0 bridgehead atoms. The van der Waals surface area contributed by atoms with Gasteiger partial charge in [-0.05, 0) is 41.8 Å². The van der Waals surface area contributed by atoms with Crippen LogP contribution in [0.1, 0.15) is 30.0 Å². The molecule has 1 unspecified atom stereocenters. The number of carbonyl (C=O) groups excluding carboxylic acids is 2. The predicted octanol–water partition coefficient (Wildman–Crippen LogP) is 4.25. The molecule has 0 saturated carbocycles. The Morgan fingerprint density at radius 3 is 1.96 bits per heavy atom. The van der Waals surface area contributed by atoms with E-state index >= 15 is 0 Å². The molecule has 1 aliphatic heterocycles. The van der Waals surface area contributed by atoms with Crippen LogP contribution in [0.2, 0.25) is 10.0 Å². The Kier molecular flexibility index (Phi) is 5.30. The number of ether oxygens (including phenoxy) is 1. The van der Waals surface area contributed by atoms with E-state index in [1.807, 2.05) is 24.3 Å². The maximum Gasteiger partial charge on any atom is 0.328 e. The van der Waals surface area contributed by atoms with Crippen LogP contribution in [0, 0.1) is 0 Å². The number of hydrogen-bond donors (Lipinski definition) is 0. The number of benzene rings is 2. The number of hydrogen-bond acceptors (Lipinski definition) is 3. The molecule has 0 aliphatic carbocycles. The lowest BCUT2D eigenvalue weighted by Gasteiger charge is -2.33. The number of methoxy groups -OCH3 is 1. The summed E-state index contributed by atoms with van der Waals surface area (Å²) >= 11 is 12.0. The highest BCUT2D eigenvalue weighted by Crippen LogP contribution is 2.36. The Bertz CT molecular complexity index is 729. The first-order valence-corrected chi connectivity index (χ1v) is 8.67. The van der Waals surface area contributed by atoms with Crippen molar-refractivity contribution in [1.29, 1.82) is 0 Å². The third-order valence-electron chi connectivity index (χ3n) is 4.38. The fourth-order valence-corrected chi connectivity index (χ4v) is 3.45. The number of halogens is 2. The largest absolute Gasteiger partial charge is 0.467 e. The summed E-state index contributed by atoms with van der Waals surface area (Å²) in [5.41, 5.74) is 1.74. The number of nitrogens with zero attached hydrogens (tertiary/aromatic N) is 1. The molecule has 1 atom stereocenters. The SMILES string of the molecule is COC(=O)C1CCC(=O)N1C(c1ccc(Cl)cc1)c1ccc(Cl)cc1. The molecule has 0 radical (unpaired) electrons. The fourth-order valence-electron chi connectivity index (χ4n) is 3.20. The minimum atomic E-state index is -0.603. The minimum Gasteiger partial charge on any atom is -0.467 e. The van der Waals surface area contributed by atoms with E-state index in [1.165, 1.54) is 7.11 Å². The van der Waals surface area contributed by atoms with Gasteiger partial charge in [0.05, 0.1) is 13.2 Å². The minimum absolute atomic E-state index is 0.0784. The van der Waals surface area contributed by atoms with Crippen LogP contribution in [0.15, 0.2) is 48.5 Å². The van der Waals surface area contributed by atoms with Crippen molar-refractivity contribution in [3.8, 4) is 0 Å². The molecule has 130 valence electrons. The third-order valence-corrected chi connectivity index (χ3v) is 4.88. The Hall–Kier alpha value is -2.04. The van der Waals surface area contributed by atoms with Crippen molar-refractivity contribution in [1.82, 2.24) is 4.90 Å². The summed E-state index contributed by atoms with van der Waals surface area (Å²) in [6, 6.07) is 13.5. The van der Waals surface area contributed by atoms with Crippen molar-refractivity contribution >= 4 is 35.1 Å². The highest BCUT2D eigenvalue weighted by molar-refractivity contribution is 6.30. The van der Waals surface area contributed by atoms with Gasteiger partial charge < -0.3 is 9.64 Å². The van der Waals surface area contributed by atoms with Crippen LogP contribution in [-0.2, 0) is 14.3 Å². The molecule has 1 saturated heterocycles. The summed E-state index contributed by atoms with van der Waals surface area (Å²) in [5.74, 6) is -0.482. The molecule has 0 spiro atoms.